The fraction of sp³-hybridized carbons (Fsp3) is 0.310. The van der Waals surface area contributed by atoms with Gasteiger partial charge in [-0.25, -0.2) is 18.1 Å². The SMILES string of the molecule is O=C(NS(=O)(=O)c1ccc(NCC2CCOCC2)c([N+](=O)[O-])c1)c1ccc(-c2ccc(N3CCCC3c3ccnn3C3CC3)cc2)cc1Oc1cnc2[nH]ccc2c1. The Bertz CT molecular complexity index is 2600. The van der Waals surface area contributed by atoms with Crippen LogP contribution in [0, 0.1) is 16.0 Å². The molecule has 9 rings (SSSR count). The van der Waals surface area contributed by atoms with E-state index in [1.165, 1.54) is 42.9 Å². The van der Waals surface area contributed by atoms with Crippen LogP contribution in [0.25, 0.3) is 22.2 Å². The Labute approximate surface area is 334 Å². The third kappa shape index (κ3) is 7.72. The van der Waals surface area contributed by atoms with Gasteiger partial charge in [-0.15, -0.1) is 0 Å². The fourth-order valence-electron chi connectivity index (χ4n) is 7.94. The van der Waals surface area contributed by atoms with Crippen LogP contribution in [0.1, 0.15) is 66.7 Å². The summed E-state index contributed by atoms with van der Waals surface area (Å²) in [6, 6.07) is 23.2. The number of nitro groups is 1. The van der Waals surface area contributed by atoms with E-state index >= 15 is 0 Å². The molecular weight excluding hydrogens is 761 g/mol. The second-order valence-corrected chi connectivity index (χ2v) is 16.7. The number of carbonyl (C=O) groups is 1. The van der Waals surface area contributed by atoms with Crippen molar-refractivity contribution in [2.75, 3.05) is 36.5 Å². The van der Waals surface area contributed by atoms with Crippen molar-refractivity contribution in [1.82, 2.24) is 24.5 Å². The van der Waals surface area contributed by atoms with Gasteiger partial charge < -0.3 is 24.7 Å². The highest BCUT2D eigenvalue weighted by atomic mass is 32.2. The molecule has 3 aromatic carbocycles. The summed E-state index contributed by atoms with van der Waals surface area (Å²) in [5.74, 6) is -0.267. The Morgan fingerprint density at radius 2 is 1.78 bits per heavy atom. The van der Waals surface area contributed by atoms with Crippen molar-refractivity contribution in [1.29, 1.82) is 0 Å². The van der Waals surface area contributed by atoms with Gasteiger partial charge in [-0.1, -0.05) is 18.2 Å². The average Bonchev–Trinajstić information content (AvgIpc) is 3.55. The van der Waals surface area contributed by atoms with Crippen LogP contribution < -0.4 is 19.7 Å². The number of nitro benzene ring substituents is 1. The van der Waals surface area contributed by atoms with Crippen LogP contribution in [0.4, 0.5) is 17.1 Å². The Morgan fingerprint density at radius 3 is 2.57 bits per heavy atom. The number of carbonyl (C=O) groups excluding carboxylic acids is 1. The molecule has 15 nitrogen and oxygen atoms in total. The van der Waals surface area contributed by atoms with Crippen LogP contribution in [-0.4, -0.2) is 65.3 Å². The molecule has 1 saturated carbocycles. The highest BCUT2D eigenvalue weighted by Crippen LogP contribution is 2.42. The van der Waals surface area contributed by atoms with E-state index in [1.54, 1.807) is 24.4 Å². The molecule has 298 valence electrons. The maximum absolute atomic E-state index is 13.9. The van der Waals surface area contributed by atoms with Crippen molar-refractivity contribution in [3.8, 4) is 22.6 Å². The minimum Gasteiger partial charge on any atom is -0.455 e. The number of ether oxygens (including phenoxy) is 2. The summed E-state index contributed by atoms with van der Waals surface area (Å²) in [6.07, 6.45) is 11.3. The van der Waals surface area contributed by atoms with Crippen molar-refractivity contribution in [2.24, 2.45) is 5.92 Å². The molecule has 1 atom stereocenters. The number of anilines is 2. The number of nitrogens with one attached hydrogen (secondary N) is 3. The standard InChI is InChI=1S/C42H42N8O7S/c51-42(47-58(54,55)34-10-12-36(39(24-34)50(52)53)44-25-27-15-20-56-21-16-27)35-11-5-29(23-40(35)57-33-22-30-13-17-43-41(30)45-26-33)28-3-6-31(7-4-28)48-19-1-2-37(48)38-14-18-46-49(38)32-8-9-32/h3-7,10-14,17-18,22-24,26-27,32,37,44H,1-2,8-9,15-16,19-21,25H2,(H,43,45)(H,47,51). The van der Waals surface area contributed by atoms with Gasteiger partial charge in [0.25, 0.3) is 21.6 Å². The Hall–Kier alpha value is -6.26. The molecule has 2 aliphatic heterocycles. The topological polar surface area (TPSA) is 187 Å². The van der Waals surface area contributed by atoms with Gasteiger partial charge in [0.15, 0.2) is 0 Å². The normalized spacial score (nSPS) is 17.4. The van der Waals surface area contributed by atoms with Gasteiger partial charge in [-0.3, -0.25) is 19.6 Å². The summed E-state index contributed by atoms with van der Waals surface area (Å²) >= 11 is 0. The lowest BCUT2D eigenvalue weighted by Crippen LogP contribution is -2.31. The quantitative estimate of drug-likeness (QED) is 0.0765. The maximum atomic E-state index is 13.9. The molecule has 58 heavy (non-hydrogen) atoms. The smallest absolute Gasteiger partial charge is 0.293 e. The summed E-state index contributed by atoms with van der Waals surface area (Å²) in [7, 11) is -4.56. The molecule has 5 heterocycles. The monoisotopic (exact) mass is 802 g/mol. The number of sulfonamides is 1. The number of hydrogen-bond acceptors (Lipinski definition) is 11. The molecule has 3 fully saturated rings. The van der Waals surface area contributed by atoms with E-state index < -0.39 is 31.4 Å². The molecule has 3 aromatic heterocycles. The van der Waals surface area contributed by atoms with Gasteiger partial charge in [-0.05, 0) is 110 Å². The van der Waals surface area contributed by atoms with Crippen LogP contribution in [0.3, 0.4) is 0 Å². The summed E-state index contributed by atoms with van der Waals surface area (Å²) in [4.78, 5) is 34.7. The molecule has 0 spiro atoms. The van der Waals surface area contributed by atoms with Crippen molar-refractivity contribution in [2.45, 2.75) is 55.5 Å². The second-order valence-electron chi connectivity index (χ2n) is 15.0. The first-order valence-electron chi connectivity index (χ1n) is 19.5. The van der Waals surface area contributed by atoms with Gasteiger partial charge >= 0.3 is 0 Å². The number of hydrogen-bond donors (Lipinski definition) is 3. The molecule has 1 aliphatic carbocycles. The predicted octanol–water partition coefficient (Wildman–Crippen LogP) is 7.76. The highest BCUT2D eigenvalue weighted by molar-refractivity contribution is 7.90. The van der Waals surface area contributed by atoms with Crippen LogP contribution in [0.5, 0.6) is 11.5 Å². The lowest BCUT2D eigenvalue weighted by atomic mass is 10.0. The van der Waals surface area contributed by atoms with Crippen molar-refractivity contribution in [3.05, 3.63) is 119 Å². The summed E-state index contributed by atoms with van der Waals surface area (Å²) in [6.45, 7) is 2.67. The summed E-state index contributed by atoms with van der Waals surface area (Å²) in [5, 5.41) is 20.5. The van der Waals surface area contributed by atoms with Crippen molar-refractivity contribution < 1.29 is 27.6 Å². The van der Waals surface area contributed by atoms with E-state index in [0.717, 1.165) is 60.5 Å². The van der Waals surface area contributed by atoms with Crippen molar-refractivity contribution in [3.63, 3.8) is 0 Å². The lowest BCUT2D eigenvalue weighted by Gasteiger charge is -2.27. The first kappa shape index (κ1) is 37.3. The zero-order chi connectivity index (χ0) is 39.8. The van der Waals surface area contributed by atoms with Gasteiger partial charge in [0.2, 0.25) is 0 Å². The molecule has 0 radical (unpaired) electrons. The minimum atomic E-state index is -4.56. The molecule has 6 aromatic rings. The number of nitrogens with zero attached hydrogens (tertiary/aromatic N) is 5. The third-order valence-corrected chi connectivity index (χ3v) is 12.5. The molecule has 3 aliphatic rings. The van der Waals surface area contributed by atoms with Gasteiger partial charge in [-0.2, -0.15) is 5.10 Å². The van der Waals surface area contributed by atoms with E-state index in [4.69, 9.17) is 9.47 Å². The number of pyridine rings is 1. The lowest BCUT2D eigenvalue weighted by molar-refractivity contribution is -0.384. The average molecular weight is 803 g/mol. The highest BCUT2D eigenvalue weighted by Gasteiger charge is 2.34. The summed E-state index contributed by atoms with van der Waals surface area (Å²) in [5.41, 5.74) is 4.32. The molecular formula is C42H42N8O7S. The molecule has 0 bridgehead atoms. The number of aromatic nitrogens is 4. The first-order valence-corrected chi connectivity index (χ1v) is 21.0. The van der Waals surface area contributed by atoms with Crippen LogP contribution in [0.15, 0.2) is 102 Å². The van der Waals surface area contributed by atoms with Crippen LogP contribution >= 0.6 is 0 Å². The van der Waals surface area contributed by atoms with E-state index in [1.807, 2.05) is 24.4 Å². The van der Waals surface area contributed by atoms with Crippen LogP contribution in [0.2, 0.25) is 0 Å². The number of benzene rings is 3. The van der Waals surface area contributed by atoms with Gasteiger partial charge in [0.05, 0.1) is 39.4 Å². The zero-order valence-corrected chi connectivity index (χ0v) is 32.4. The number of H-pyrrole nitrogens is 1. The summed E-state index contributed by atoms with van der Waals surface area (Å²) < 4.78 is 43.2. The maximum Gasteiger partial charge on any atom is 0.293 e. The largest absolute Gasteiger partial charge is 0.455 e. The number of amides is 1. The Kier molecular flexibility index (Phi) is 10.0. The third-order valence-electron chi connectivity index (χ3n) is 11.2. The van der Waals surface area contributed by atoms with E-state index in [0.29, 0.717) is 37.2 Å². The first-order chi connectivity index (χ1) is 28.2. The molecule has 3 N–H and O–H groups in total. The molecule has 16 heteroatoms. The van der Waals surface area contributed by atoms with E-state index in [-0.39, 0.29) is 29.0 Å². The second kappa shape index (κ2) is 15.6. The fourth-order valence-corrected chi connectivity index (χ4v) is 8.92. The molecule has 2 saturated heterocycles. The van der Waals surface area contributed by atoms with E-state index in [9.17, 15) is 23.3 Å². The minimum absolute atomic E-state index is 0.0606. The zero-order valence-electron chi connectivity index (χ0n) is 31.5. The van der Waals surface area contributed by atoms with Gasteiger partial charge in [0.1, 0.15) is 22.8 Å². The number of fused-ring (bicyclic) bond motifs is 1. The number of rotatable bonds is 13. The molecule has 1 amide bonds. The Balaban J connectivity index is 0.978. The van der Waals surface area contributed by atoms with Crippen molar-refractivity contribution >= 4 is 44.0 Å². The van der Waals surface area contributed by atoms with E-state index in [2.05, 4.69) is 52.9 Å². The Morgan fingerprint density at radius 1 is 0.966 bits per heavy atom. The number of aromatic amines is 1. The predicted molar refractivity (Wildman–Crippen MR) is 218 cm³/mol. The van der Waals surface area contributed by atoms with Gasteiger partial charge in [0, 0.05) is 55.8 Å². The molecule has 1 unspecified atom stereocenters. The van der Waals surface area contributed by atoms with Crippen LogP contribution in [-0.2, 0) is 14.8 Å².